The summed E-state index contributed by atoms with van der Waals surface area (Å²) in [7, 11) is 0. The molecular weight excluding hydrogens is 218 g/mol. The van der Waals surface area contributed by atoms with E-state index < -0.39 is 5.60 Å². The SMILES string of the molecule is CCC(C)(O)CNC(C)c1ccc(O)cc1O. The molecule has 0 aliphatic carbocycles. The number of rotatable bonds is 5. The van der Waals surface area contributed by atoms with Gasteiger partial charge in [-0.05, 0) is 26.3 Å². The van der Waals surface area contributed by atoms with E-state index in [2.05, 4.69) is 5.32 Å². The van der Waals surface area contributed by atoms with Gasteiger partial charge < -0.3 is 20.6 Å². The van der Waals surface area contributed by atoms with Crippen LogP contribution in [-0.2, 0) is 0 Å². The molecule has 0 bridgehead atoms. The molecule has 0 saturated heterocycles. The van der Waals surface area contributed by atoms with Gasteiger partial charge >= 0.3 is 0 Å². The molecule has 96 valence electrons. The van der Waals surface area contributed by atoms with E-state index in [-0.39, 0.29) is 17.5 Å². The molecule has 2 unspecified atom stereocenters. The van der Waals surface area contributed by atoms with Gasteiger partial charge in [-0.3, -0.25) is 0 Å². The monoisotopic (exact) mass is 239 g/mol. The number of nitrogens with one attached hydrogen (secondary N) is 1. The van der Waals surface area contributed by atoms with Crippen molar-refractivity contribution in [2.75, 3.05) is 6.54 Å². The van der Waals surface area contributed by atoms with E-state index in [1.165, 1.54) is 12.1 Å². The summed E-state index contributed by atoms with van der Waals surface area (Å²) in [6.07, 6.45) is 0.661. The van der Waals surface area contributed by atoms with Gasteiger partial charge in [0.2, 0.25) is 0 Å². The van der Waals surface area contributed by atoms with Crippen molar-refractivity contribution in [1.29, 1.82) is 0 Å². The van der Waals surface area contributed by atoms with Crippen LogP contribution in [0.1, 0.15) is 38.8 Å². The fourth-order valence-corrected chi connectivity index (χ4v) is 1.51. The van der Waals surface area contributed by atoms with Crippen molar-refractivity contribution in [2.24, 2.45) is 0 Å². The molecular formula is C13H21NO3. The van der Waals surface area contributed by atoms with E-state index in [1.807, 2.05) is 13.8 Å². The van der Waals surface area contributed by atoms with Crippen LogP contribution >= 0.6 is 0 Å². The average Bonchev–Trinajstić information content (AvgIpc) is 2.26. The van der Waals surface area contributed by atoms with Crippen molar-refractivity contribution in [1.82, 2.24) is 5.32 Å². The first-order valence-electron chi connectivity index (χ1n) is 5.83. The minimum Gasteiger partial charge on any atom is -0.508 e. The van der Waals surface area contributed by atoms with Crippen molar-refractivity contribution in [2.45, 2.75) is 38.8 Å². The predicted molar refractivity (Wildman–Crippen MR) is 67.1 cm³/mol. The second-order valence-electron chi connectivity index (χ2n) is 4.70. The van der Waals surface area contributed by atoms with Crippen molar-refractivity contribution in [3.05, 3.63) is 23.8 Å². The maximum absolute atomic E-state index is 9.87. The Morgan fingerprint density at radius 3 is 2.53 bits per heavy atom. The van der Waals surface area contributed by atoms with Crippen LogP contribution in [0.15, 0.2) is 18.2 Å². The molecule has 0 heterocycles. The summed E-state index contributed by atoms with van der Waals surface area (Å²) < 4.78 is 0. The molecule has 0 radical (unpaired) electrons. The van der Waals surface area contributed by atoms with Crippen LogP contribution in [0.3, 0.4) is 0 Å². The molecule has 0 spiro atoms. The predicted octanol–water partition coefficient (Wildman–Crippen LogP) is 1.91. The summed E-state index contributed by atoms with van der Waals surface area (Å²) >= 11 is 0. The summed E-state index contributed by atoms with van der Waals surface area (Å²) in [6, 6.07) is 4.42. The van der Waals surface area contributed by atoms with Gasteiger partial charge in [-0.15, -0.1) is 0 Å². The second kappa shape index (κ2) is 5.38. The van der Waals surface area contributed by atoms with Gasteiger partial charge in [0.05, 0.1) is 5.60 Å². The number of phenols is 2. The van der Waals surface area contributed by atoms with Crippen LogP contribution in [0.25, 0.3) is 0 Å². The van der Waals surface area contributed by atoms with E-state index in [4.69, 9.17) is 0 Å². The zero-order valence-corrected chi connectivity index (χ0v) is 10.6. The lowest BCUT2D eigenvalue weighted by Crippen LogP contribution is -2.38. The molecule has 4 heteroatoms. The minimum absolute atomic E-state index is 0.0407. The Morgan fingerprint density at radius 2 is 2.00 bits per heavy atom. The quantitative estimate of drug-likeness (QED) is 0.633. The number of benzene rings is 1. The molecule has 1 aromatic carbocycles. The molecule has 0 amide bonds. The molecule has 2 atom stereocenters. The van der Waals surface area contributed by atoms with Gasteiger partial charge in [0, 0.05) is 24.2 Å². The summed E-state index contributed by atoms with van der Waals surface area (Å²) in [5.74, 6) is 0.0974. The fraction of sp³-hybridized carbons (Fsp3) is 0.538. The maximum atomic E-state index is 9.87. The van der Waals surface area contributed by atoms with Gasteiger partial charge in [0.15, 0.2) is 0 Å². The van der Waals surface area contributed by atoms with Crippen LogP contribution in [-0.4, -0.2) is 27.5 Å². The zero-order valence-electron chi connectivity index (χ0n) is 10.6. The standard InChI is InChI=1S/C13H21NO3/c1-4-13(3,17)8-14-9(2)11-6-5-10(15)7-12(11)16/h5-7,9,14-17H,4,8H2,1-3H3. The Bertz CT molecular complexity index is 377. The van der Waals surface area contributed by atoms with Crippen LogP contribution < -0.4 is 5.32 Å². The van der Waals surface area contributed by atoms with Gasteiger partial charge in [0.1, 0.15) is 11.5 Å². The fourth-order valence-electron chi connectivity index (χ4n) is 1.51. The van der Waals surface area contributed by atoms with Crippen molar-refractivity contribution >= 4 is 0 Å². The number of phenolic OH excluding ortho intramolecular Hbond substituents is 2. The Morgan fingerprint density at radius 1 is 1.35 bits per heavy atom. The molecule has 4 N–H and O–H groups in total. The van der Waals surface area contributed by atoms with E-state index in [0.717, 1.165) is 0 Å². The zero-order chi connectivity index (χ0) is 13.1. The number of hydrogen-bond donors (Lipinski definition) is 4. The van der Waals surface area contributed by atoms with Crippen molar-refractivity contribution < 1.29 is 15.3 Å². The summed E-state index contributed by atoms with van der Waals surface area (Å²) in [4.78, 5) is 0. The first-order chi connectivity index (χ1) is 7.85. The Kier molecular flexibility index (Phi) is 4.37. The molecule has 0 fully saturated rings. The largest absolute Gasteiger partial charge is 0.508 e. The lowest BCUT2D eigenvalue weighted by atomic mass is 10.0. The molecule has 0 aliphatic heterocycles. The normalized spacial score (nSPS) is 16.5. The minimum atomic E-state index is -0.749. The third kappa shape index (κ3) is 3.91. The highest BCUT2D eigenvalue weighted by Gasteiger charge is 2.19. The molecule has 1 aromatic rings. The van der Waals surface area contributed by atoms with E-state index >= 15 is 0 Å². The average molecular weight is 239 g/mol. The Hall–Kier alpha value is -1.26. The molecule has 0 aliphatic rings. The first kappa shape index (κ1) is 13.8. The second-order valence-corrected chi connectivity index (χ2v) is 4.70. The van der Waals surface area contributed by atoms with Crippen molar-refractivity contribution in [3.63, 3.8) is 0 Å². The smallest absolute Gasteiger partial charge is 0.124 e. The summed E-state index contributed by atoms with van der Waals surface area (Å²) in [5.41, 5.74) is -0.0458. The Labute approximate surface area is 102 Å². The van der Waals surface area contributed by atoms with E-state index in [0.29, 0.717) is 18.5 Å². The van der Waals surface area contributed by atoms with Crippen LogP contribution in [0.4, 0.5) is 0 Å². The summed E-state index contributed by atoms with van der Waals surface area (Å²) in [5, 5.41) is 31.9. The molecule has 4 nitrogen and oxygen atoms in total. The van der Waals surface area contributed by atoms with E-state index in [9.17, 15) is 15.3 Å². The molecule has 1 rings (SSSR count). The highest BCUT2D eigenvalue weighted by atomic mass is 16.3. The highest BCUT2D eigenvalue weighted by Crippen LogP contribution is 2.27. The van der Waals surface area contributed by atoms with Gasteiger partial charge in [-0.1, -0.05) is 13.0 Å². The van der Waals surface area contributed by atoms with Crippen LogP contribution in [0.2, 0.25) is 0 Å². The third-order valence-corrected chi connectivity index (χ3v) is 3.03. The molecule has 17 heavy (non-hydrogen) atoms. The number of aliphatic hydroxyl groups is 1. The highest BCUT2D eigenvalue weighted by molar-refractivity contribution is 5.40. The van der Waals surface area contributed by atoms with E-state index in [1.54, 1.807) is 13.0 Å². The first-order valence-corrected chi connectivity index (χ1v) is 5.83. The lowest BCUT2D eigenvalue weighted by molar-refractivity contribution is 0.0533. The van der Waals surface area contributed by atoms with Crippen LogP contribution in [0, 0.1) is 0 Å². The third-order valence-electron chi connectivity index (χ3n) is 3.03. The number of aromatic hydroxyl groups is 2. The molecule has 0 aromatic heterocycles. The van der Waals surface area contributed by atoms with Gasteiger partial charge in [0.25, 0.3) is 0 Å². The van der Waals surface area contributed by atoms with Crippen LogP contribution in [0.5, 0.6) is 11.5 Å². The maximum Gasteiger partial charge on any atom is 0.124 e. The number of hydrogen-bond acceptors (Lipinski definition) is 4. The topological polar surface area (TPSA) is 72.7 Å². The van der Waals surface area contributed by atoms with Gasteiger partial charge in [-0.2, -0.15) is 0 Å². The van der Waals surface area contributed by atoms with Gasteiger partial charge in [-0.25, -0.2) is 0 Å². The molecule has 0 saturated carbocycles. The summed E-state index contributed by atoms with van der Waals surface area (Å²) in [6.45, 7) is 6.04. The van der Waals surface area contributed by atoms with Crippen molar-refractivity contribution in [3.8, 4) is 11.5 Å². The lowest BCUT2D eigenvalue weighted by Gasteiger charge is -2.25. The Balaban J connectivity index is 2.67.